The van der Waals surface area contributed by atoms with Crippen molar-refractivity contribution in [3.63, 3.8) is 0 Å². The predicted molar refractivity (Wildman–Crippen MR) is 67.7 cm³/mol. The van der Waals surface area contributed by atoms with E-state index in [9.17, 15) is 4.39 Å². The molecule has 0 saturated heterocycles. The molecule has 0 spiro atoms. The van der Waals surface area contributed by atoms with Crippen LogP contribution in [0.4, 0.5) is 4.39 Å². The van der Waals surface area contributed by atoms with Crippen molar-refractivity contribution < 1.29 is 9.13 Å². The maximum absolute atomic E-state index is 13.4. The molecule has 2 heterocycles. The largest absolute Gasteiger partial charge is 0.494 e. The van der Waals surface area contributed by atoms with Crippen molar-refractivity contribution >= 4 is 17.2 Å². The van der Waals surface area contributed by atoms with Gasteiger partial charge < -0.3 is 4.74 Å². The monoisotopic (exact) mass is 278 g/mol. The minimum Gasteiger partial charge on any atom is -0.494 e. The van der Waals surface area contributed by atoms with Crippen molar-refractivity contribution in [2.75, 3.05) is 7.11 Å². The molecule has 0 unspecified atom stereocenters. The van der Waals surface area contributed by atoms with Gasteiger partial charge in [0.05, 0.1) is 7.11 Å². The molecule has 2 aromatic heterocycles. The van der Waals surface area contributed by atoms with Crippen molar-refractivity contribution in [3.8, 4) is 17.1 Å². The molecule has 0 aliphatic heterocycles. The van der Waals surface area contributed by atoms with Gasteiger partial charge in [0.15, 0.2) is 23.0 Å². The Morgan fingerprint density at radius 2 is 2.11 bits per heavy atom. The van der Waals surface area contributed by atoms with E-state index >= 15 is 0 Å². The van der Waals surface area contributed by atoms with Gasteiger partial charge in [0.1, 0.15) is 11.5 Å². The van der Waals surface area contributed by atoms with Crippen LogP contribution in [0, 0.1) is 5.82 Å². The van der Waals surface area contributed by atoms with Crippen molar-refractivity contribution in [1.29, 1.82) is 0 Å². The van der Waals surface area contributed by atoms with Crippen LogP contribution in [0.15, 0.2) is 30.6 Å². The number of halogens is 2. The first-order chi connectivity index (χ1) is 9.19. The molecule has 3 aromatic rings. The number of hydrogen-bond acceptors (Lipinski definition) is 4. The number of ether oxygens (including phenoxy) is 1. The van der Waals surface area contributed by atoms with E-state index in [4.69, 9.17) is 16.3 Å². The number of aromatic nitrogens is 4. The van der Waals surface area contributed by atoms with Crippen LogP contribution in [0.1, 0.15) is 0 Å². The first-order valence-corrected chi connectivity index (χ1v) is 5.77. The average molecular weight is 279 g/mol. The molecule has 0 saturated carbocycles. The van der Waals surface area contributed by atoms with Gasteiger partial charge in [-0.2, -0.15) is 0 Å². The molecular weight excluding hydrogens is 271 g/mol. The van der Waals surface area contributed by atoms with Crippen molar-refractivity contribution in [1.82, 2.24) is 19.6 Å². The summed E-state index contributed by atoms with van der Waals surface area (Å²) in [5.74, 6) is 0.259. The smallest absolute Gasteiger partial charge is 0.169 e. The minimum absolute atomic E-state index is 0.149. The van der Waals surface area contributed by atoms with Gasteiger partial charge in [-0.1, -0.05) is 11.6 Å². The Morgan fingerprint density at radius 1 is 1.26 bits per heavy atom. The number of rotatable bonds is 2. The topological polar surface area (TPSA) is 52.3 Å². The Kier molecular flexibility index (Phi) is 2.79. The van der Waals surface area contributed by atoms with E-state index in [0.29, 0.717) is 22.2 Å². The van der Waals surface area contributed by atoms with Gasteiger partial charge in [-0.3, -0.25) is 4.40 Å². The summed E-state index contributed by atoms with van der Waals surface area (Å²) >= 11 is 5.78. The normalized spacial score (nSPS) is 10.9. The van der Waals surface area contributed by atoms with Gasteiger partial charge in [-0.15, -0.1) is 10.2 Å². The quantitative estimate of drug-likeness (QED) is 0.676. The summed E-state index contributed by atoms with van der Waals surface area (Å²) in [6, 6.07) is 6.07. The molecule has 0 aliphatic carbocycles. The molecule has 0 aliphatic rings. The van der Waals surface area contributed by atoms with Gasteiger partial charge in [-0.25, -0.2) is 9.37 Å². The highest BCUT2D eigenvalue weighted by atomic mass is 35.5. The summed E-state index contributed by atoms with van der Waals surface area (Å²) in [5.41, 5.74) is 1.24. The van der Waals surface area contributed by atoms with E-state index in [0.717, 1.165) is 0 Å². The fourth-order valence-corrected chi connectivity index (χ4v) is 1.91. The molecule has 19 heavy (non-hydrogen) atoms. The van der Waals surface area contributed by atoms with Crippen molar-refractivity contribution in [2.45, 2.75) is 0 Å². The molecule has 1 aromatic carbocycles. The first-order valence-electron chi connectivity index (χ1n) is 5.39. The summed E-state index contributed by atoms with van der Waals surface area (Å²) in [6.07, 6.45) is 1.52. The molecule has 0 radical (unpaired) electrons. The third-order valence-corrected chi connectivity index (χ3v) is 2.88. The number of nitrogens with zero attached hydrogens (tertiary/aromatic N) is 4. The lowest BCUT2D eigenvalue weighted by Gasteiger charge is -2.04. The van der Waals surface area contributed by atoms with Crippen molar-refractivity contribution in [3.05, 3.63) is 41.6 Å². The van der Waals surface area contributed by atoms with Gasteiger partial charge in [0.2, 0.25) is 0 Å². The number of hydrogen-bond donors (Lipinski definition) is 0. The van der Waals surface area contributed by atoms with Gasteiger partial charge in [0.25, 0.3) is 0 Å². The molecule has 0 amide bonds. The lowest BCUT2D eigenvalue weighted by molar-refractivity contribution is 0.386. The summed E-state index contributed by atoms with van der Waals surface area (Å²) in [5, 5.41) is 8.37. The number of methoxy groups -OCH3 is 1. The Labute approximate surface area is 112 Å². The molecular formula is C12H8ClFN4O. The highest BCUT2D eigenvalue weighted by Crippen LogP contribution is 2.25. The summed E-state index contributed by atoms with van der Waals surface area (Å²) in [6.45, 7) is 0. The van der Waals surface area contributed by atoms with E-state index in [1.54, 1.807) is 22.6 Å². The molecule has 7 heteroatoms. The maximum atomic E-state index is 13.4. The van der Waals surface area contributed by atoms with Gasteiger partial charge in [-0.05, 0) is 18.2 Å². The minimum atomic E-state index is -0.429. The zero-order valence-corrected chi connectivity index (χ0v) is 10.6. The SMILES string of the molecule is COc1cc(-c2nnc3cc(Cl)ncn23)ccc1F. The second kappa shape index (κ2) is 4.47. The maximum Gasteiger partial charge on any atom is 0.169 e. The standard InChI is InChI=1S/C12H8ClFN4O/c1-19-9-4-7(2-3-8(9)14)12-17-16-11-5-10(13)15-6-18(11)12/h2-6H,1H3. The zero-order valence-electron chi connectivity index (χ0n) is 9.84. The highest BCUT2D eigenvalue weighted by Gasteiger charge is 2.11. The average Bonchev–Trinajstić information content (AvgIpc) is 2.82. The highest BCUT2D eigenvalue weighted by molar-refractivity contribution is 6.29. The van der Waals surface area contributed by atoms with E-state index in [1.165, 1.54) is 19.5 Å². The summed E-state index contributed by atoms with van der Waals surface area (Å²) in [7, 11) is 1.41. The Balaban J connectivity index is 2.19. The van der Waals surface area contributed by atoms with E-state index in [1.807, 2.05) is 0 Å². The first kappa shape index (κ1) is 11.9. The lowest BCUT2D eigenvalue weighted by atomic mass is 10.2. The molecule has 3 rings (SSSR count). The molecule has 5 nitrogen and oxygen atoms in total. The molecule has 0 N–H and O–H groups in total. The van der Waals surface area contributed by atoms with Gasteiger partial charge in [0, 0.05) is 11.6 Å². The third kappa shape index (κ3) is 2.00. The Hall–Kier alpha value is -2.21. The third-order valence-electron chi connectivity index (χ3n) is 2.68. The van der Waals surface area contributed by atoms with Crippen LogP contribution in [0.2, 0.25) is 5.15 Å². The van der Waals surface area contributed by atoms with Crippen LogP contribution >= 0.6 is 11.6 Å². The lowest BCUT2D eigenvalue weighted by Crippen LogP contribution is -1.93. The predicted octanol–water partition coefficient (Wildman–Crippen LogP) is 2.59. The zero-order chi connectivity index (χ0) is 13.4. The molecule has 0 fully saturated rings. The Bertz CT molecular complexity index is 759. The molecule has 0 bridgehead atoms. The van der Waals surface area contributed by atoms with E-state index in [-0.39, 0.29) is 5.75 Å². The summed E-state index contributed by atoms with van der Waals surface area (Å²) < 4.78 is 20.0. The van der Waals surface area contributed by atoms with E-state index < -0.39 is 5.82 Å². The van der Waals surface area contributed by atoms with Crippen LogP contribution in [0.5, 0.6) is 5.75 Å². The molecule has 0 atom stereocenters. The fraction of sp³-hybridized carbons (Fsp3) is 0.0833. The van der Waals surface area contributed by atoms with Crippen molar-refractivity contribution in [2.24, 2.45) is 0 Å². The molecule has 96 valence electrons. The van der Waals surface area contributed by atoms with Crippen LogP contribution < -0.4 is 4.74 Å². The van der Waals surface area contributed by atoms with Crippen LogP contribution in [0.3, 0.4) is 0 Å². The fourth-order valence-electron chi connectivity index (χ4n) is 1.77. The number of fused-ring (bicyclic) bond motifs is 1. The van der Waals surface area contributed by atoms with Crippen LogP contribution in [-0.4, -0.2) is 26.7 Å². The van der Waals surface area contributed by atoms with Crippen LogP contribution in [-0.2, 0) is 0 Å². The second-order valence-electron chi connectivity index (χ2n) is 3.81. The summed E-state index contributed by atoms with van der Waals surface area (Å²) in [4.78, 5) is 3.97. The van der Waals surface area contributed by atoms with Gasteiger partial charge >= 0.3 is 0 Å². The second-order valence-corrected chi connectivity index (χ2v) is 4.20. The van der Waals surface area contributed by atoms with E-state index in [2.05, 4.69) is 15.2 Å². The Morgan fingerprint density at radius 3 is 2.89 bits per heavy atom. The number of benzene rings is 1. The van der Waals surface area contributed by atoms with Crippen LogP contribution in [0.25, 0.3) is 17.0 Å².